The summed E-state index contributed by atoms with van der Waals surface area (Å²) in [6.07, 6.45) is -0.296. The topological polar surface area (TPSA) is 18.5 Å². The van der Waals surface area contributed by atoms with Gasteiger partial charge in [0.1, 0.15) is 0 Å². The quantitative estimate of drug-likeness (QED) is 0.762. The first-order valence-corrected chi connectivity index (χ1v) is 4.80. The fourth-order valence-corrected chi connectivity index (χ4v) is 1.85. The highest BCUT2D eigenvalue weighted by atomic mass is 79.9. The summed E-state index contributed by atoms with van der Waals surface area (Å²) in [7, 11) is 3.25. The largest absolute Gasteiger partial charge is 0.352 e. The van der Waals surface area contributed by atoms with E-state index in [1.165, 1.54) is 5.56 Å². The molecule has 0 aromatic heterocycles. The average Bonchev–Trinajstić information content (AvgIpc) is 2.10. The third-order valence-electron chi connectivity index (χ3n) is 1.84. The third kappa shape index (κ3) is 2.53. The fourth-order valence-electron chi connectivity index (χ4n) is 1.17. The maximum Gasteiger partial charge on any atom is 0.184 e. The van der Waals surface area contributed by atoms with Crippen molar-refractivity contribution in [2.24, 2.45) is 0 Å². The van der Waals surface area contributed by atoms with Gasteiger partial charge in [-0.05, 0) is 18.6 Å². The lowest BCUT2D eigenvalue weighted by atomic mass is 10.1. The number of ether oxygens (including phenoxy) is 2. The molecule has 2 nitrogen and oxygen atoms in total. The summed E-state index contributed by atoms with van der Waals surface area (Å²) in [5, 5.41) is 0. The van der Waals surface area contributed by atoms with E-state index in [1.54, 1.807) is 14.2 Å². The Hall–Kier alpha value is -0.380. The average molecular weight is 245 g/mol. The Morgan fingerprint density at radius 2 is 1.85 bits per heavy atom. The van der Waals surface area contributed by atoms with Crippen LogP contribution >= 0.6 is 15.9 Å². The van der Waals surface area contributed by atoms with E-state index in [0.29, 0.717) is 0 Å². The van der Waals surface area contributed by atoms with Crippen molar-refractivity contribution < 1.29 is 9.47 Å². The van der Waals surface area contributed by atoms with Gasteiger partial charge >= 0.3 is 0 Å². The van der Waals surface area contributed by atoms with Crippen molar-refractivity contribution >= 4 is 15.9 Å². The maximum atomic E-state index is 5.15. The normalized spacial score (nSPS) is 10.8. The lowest BCUT2D eigenvalue weighted by molar-refractivity contribution is -0.106. The van der Waals surface area contributed by atoms with Gasteiger partial charge in [-0.15, -0.1) is 0 Å². The van der Waals surface area contributed by atoms with Crippen LogP contribution in [0.2, 0.25) is 0 Å². The lowest BCUT2D eigenvalue weighted by Gasteiger charge is -2.15. The minimum atomic E-state index is -0.296. The molecule has 0 atom stereocenters. The summed E-state index contributed by atoms with van der Waals surface area (Å²) < 4.78 is 11.3. The molecule has 13 heavy (non-hydrogen) atoms. The van der Waals surface area contributed by atoms with Crippen molar-refractivity contribution in [2.75, 3.05) is 14.2 Å². The Morgan fingerprint density at radius 3 is 2.31 bits per heavy atom. The highest BCUT2D eigenvalue weighted by molar-refractivity contribution is 9.10. The predicted octanol–water partition coefficient (Wildman–Crippen LogP) is 3.05. The molecule has 0 unspecified atom stereocenters. The molecule has 0 heterocycles. The summed E-state index contributed by atoms with van der Waals surface area (Å²) in [6, 6.07) is 6.07. The Labute approximate surface area is 87.0 Å². The summed E-state index contributed by atoms with van der Waals surface area (Å²) >= 11 is 3.47. The van der Waals surface area contributed by atoms with E-state index in [2.05, 4.69) is 15.9 Å². The van der Waals surface area contributed by atoms with Gasteiger partial charge in [0.2, 0.25) is 0 Å². The molecule has 1 aromatic rings. The van der Waals surface area contributed by atoms with Gasteiger partial charge in [0, 0.05) is 24.3 Å². The SMILES string of the molecule is COC(OC)c1ccc(C)cc1Br. The molecular weight excluding hydrogens is 232 g/mol. The van der Waals surface area contributed by atoms with Crippen LogP contribution in [0.5, 0.6) is 0 Å². The zero-order valence-electron chi connectivity index (χ0n) is 8.00. The Kier molecular flexibility index (Phi) is 3.90. The summed E-state index contributed by atoms with van der Waals surface area (Å²) in [5.74, 6) is 0. The maximum absolute atomic E-state index is 5.15. The van der Waals surface area contributed by atoms with E-state index in [9.17, 15) is 0 Å². The minimum absolute atomic E-state index is 0.296. The molecule has 0 bridgehead atoms. The van der Waals surface area contributed by atoms with Crippen LogP contribution in [-0.2, 0) is 9.47 Å². The van der Waals surface area contributed by atoms with Crippen LogP contribution in [-0.4, -0.2) is 14.2 Å². The van der Waals surface area contributed by atoms with Crippen molar-refractivity contribution in [3.05, 3.63) is 33.8 Å². The van der Waals surface area contributed by atoms with Crippen LogP contribution in [0.25, 0.3) is 0 Å². The zero-order chi connectivity index (χ0) is 9.84. The van der Waals surface area contributed by atoms with Crippen molar-refractivity contribution in [1.29, 1.82) is 0 Å². The zero-order valence-corrected chi connectivity index (χ0v) is 9.59. The smallest absolute Gasteiger partial charge is 0.184 e. The van der Waals surface area contributed by atoms with Gasteiger partial charge in [-0.2, -0.15) is 0 Å². The molecule has 0 saturated heterocycles. The van der Waals surface area contributed by atoms with Crippen LogP contribution < -0.4 is 0 Å². The van der Waals surface area contributed by atoms with Crippen LogP contribution in [0.3, 0.4) is 0 Å². The van der Waals surface area contributed by atoms with Crippen LogP contribution in [0, 0.1) is 6.92 Å². The summed E-state index contributed by atoms with van der Waals surface area (Å²) in [6.45, 7) is 2.04. The van der Waals surface area contributed by atoms with Crippen molar-refractivity contribution in [2.45, 2.75) is 13.2 Å². The Balaban J connectivity index is 2.99. The molecule has 0 amide bonds. The number of hydrogen-bond acceptors (Lipinski definition) is 2. The van der Waals surface area contributed by atoms with E-state index in [-0.39, 0.29) is 6.29 Å². The van der Waals surface area contributed by atoms with E-state index < -0.39 is 0 Å². The molecular formula is C10H13BrO2. The van der Waals surface area contributed by atoms with Gasteiger partial charge in [0.25, 0.3) is 0 Å². The van der Waals surface area contributed by atoms with Crippen molar-refractivity contribution in [3.63, 3.8) is 0 Å². The molecule has 0 fully saturated rings. The number of hydrogen-bond donors (Lipinski definition) is 0. The van der Waals surface area contributed by atoms with Crippen LogP contribution in [0.15, 0.2) is 22.7 Å². The molecule has 0 saturated carbocycles. The number of benzene rings is 1. The summed E-state index contributed by atoms with van der Waals surface area (Å²) in [4.78, 5) is 0. The van der Waals surface area contributed by atoms with Gasteiger partial charge in [-0.1, -0.05) is 28.1 Å². The molecule has 1 aromatic carbocycles. The third-order valence-corrected chi connectivity index (χ3v) is 2.52. The number of rotatable bonds is 3. The molecule has 0 aliphatic rings. The molecule has 1 rings (SSSR count). The minimum Gasteiger partial charge on any atom is -0.352 e. The Morgan fingerprint density at radius 1 is 1.23 bits per heavy atom. The van der Waals surface area contributed by atoms with Gasteiger partial charge in [0.05, 0.1) is 0 Å². The first kappa shape index (κ1) is 10.7. The number of aryl methyl sites for hydroxylation is 1. The van der Waals surface area contributed by atoms with E-state index in [1.807, 2.05) is 25.1 Å². The van der Waals surface area contributed by atoms with Crippen LogP contribution in [0.4, 0.5) is 0 Å². The molecule has 72 valence electrons. The van der Waals surface area contributed by atoms with Gasteiger partial charge in [-0.3, -0.25) is 0 Å². The standard InChI is InChI=1S/C10H13BrO2/c1-7-4-5-8(9(11)6-7)10(12-2)13-3/h4-6,10H,1-3H3. The second kappa shape index (κ2) is 4.74. The second-order valence-electron chi connectivity index (χ2n) is 2.83. The molecule has 0 spiro atoms. The molecule has 0 N–H and O–H groups in total. The molecule has 0 aliphatic heterocycles. The highest BCUT2D eigenvalue weighted by Crippen LogP contribution is 2.26. The van der Waals surface area contributed by atoms with E-state index >= 15 is 0 Å². The summed E-state index contributed by atoms with van der Waals surface area (Å²) in [5.41, 5.74) is 2.22. The van der Waals surface area contributed by atoms with E-state index in [0.717, 1.165) is 10.0 Å². The van der Waals surface area contributed by atoms with Gasteiger partial charge in [-0.25, -0.2) is 0 Å². The van der Waals surface area contributed by atoms with Gasteiger partial charge < -0.3 is 9.47 Å². The van der Waals surface area contributed by atoms with Crippen molar-refractivity contribution in [3.8, 4) is 0 Å². The van der Waals surface area contributed by atoms with Gasteiger partial charge in [0.15, 0.2) is 6.29 Å². The monoisotopic (exact) mass is 244 g/mol. The lowest BCUT2D eigenvalue weighted by Crippen LogP contribution is -2.04. The Bertz CT molecular complexity index is 282. The molecule has 0 radical (unpaired) electrons. The fraction of sp³-hybridized carbons (Fsp3) is 0.400. The first-order chi connectivity index (χ1) is 6.19. The first-order valence-electron chi connectivity index (χ1n) is 4.00. The number of halogens is 1. The second-order valence-corrected chi connectivity index (χ2v) is 3.68. The molecule has 3 heteroatoms. The predicted molar refractivity (Wildman–Crippen MR) is 55.6 cm³/mol. The van der Waals surface area contributed by atoms with Crippen molar-refractivity contribution in [1.82, 2.24) is 0 Å². The highest BCUT2D eigenvalue weighted by Gasteiger charge is 2.11. The van der Waals surface area contributed by atoms with Crippen LogP contribution in [0.1, 0.15) is 17.4 Å². The number of methoxy groups -OCH3 is 2. The molecule has 0 aliphatic carbocycles. The van der Waals surface area contributed by atoms with E-state index in [4.69, 9.17) is 9.47 Å².